The summed E-state index contributed by atoms with van der Waals surface area (Å²) in [5, 5.41) is 12.5. The number of nitrogens with one attached hydrogen (secondary N) is 1. The van der Waals surface area contributed by atoms with Gasteiger partial charge in [-0.1, -0.05) is 25.8 Å². The molecule has 1 atom stereocenters. The molecule has 0 spiro atoms. The highest BCUT2D eigenvalue weighted by Crippen LogP contribution is 2.21. The normalized spacial score (nSPS) is 12.1. The van der Waals surface area contributed by atoms with Crippen LogP contribution in [0.15, 0.2) is 71.9 Å². The van der Waals surface area contributed by atoms with Crippen LogP contribution in [0.2, 0.25) is 0 Å². The summed E-state index contributed by atoms with van der Waals surface area (Å²) in [5.41, 5.74) is 9.27. The lowest BCUT2D eigenvalue weighted by molar-refractivity contribution is -0.136. The molecule has 0 saturated carbocycles. The summed E-state index contributed by atoms with van der Waals surface area (Å²) in [5.74, 6) is -0.174. The molecule has 0 aliphatic rings. The van der Waals surface area contributed by atoms with Crippen molar-refractivity contribution in [2.45, 2.75) is 52.2 Å². The molecule has 0 fully saturated rings. The van der Waals surface area contributed by atoms with E-state index in [1.807, 2.05) is 36.7 Å². The van der Waals surface area contributed by atoms with Gasteiger partial charge in [0.05, 0.1) is 24.0 Å². The Hall–Kier alpha value is -5.26. The van der Waals surface area contributed by atoms with Crippen LogP contribution in [-0.2, 0) is 23.1 Å². The van der Waals surface area contributed by atoms with Gasteiger partial charge in [0.15, 0.2) is 0 Å². The summed E-state index contributed by atoms with van der Waals surface area (Å²) in [6, 6.07) is 17.5. The second-order valence-corrected chi connectivity index (χ2v) is 10.3. The lowest BCUT2D eigenvalue weighted by Crippen LogP contribution is -2.33. The lowest BCUT2D eigenvalue weighted by atomic mass is 10.1. The number of aromatic nitrogens is 3. The number of rotatable bonds is 13. The maximum absolute atomic E-state index is 13.4. The maximum Gasteiger partial charge on any atom is 0.435 e. The van der Waals surface area contributed by atoms with Crippen LogP contribution in [0.1, 0.15) is 61.3 Å². The second-order valence-electron chi connectivity index (χ2n) is 10.3. The van der Waals surface area contributed by atoms with Gasteiger partial charge in [-0.05, 0) is 67.9 Å². The van der Waals surface area contributed by atoms with Gasteiger partial charge in [0.2, 0.25) is 0 Å². The Morgan fingerprint density at radius 3 is 2.55 bits per heavy atom. The monoisotopic (exact) mass is 599 g/mol. The summed E-state index contributed by atoms with van der Waals surface area (Å²) in [4.78, 5) is 50.9. The van der Waals surface area contributed by atoms with E-state index < -0.39 is 12.1 Å². The quantitative estimate of drug-likeness (QED) is 0.140. The van der Waals surface area contributed by atoms with Crippen LogP contribution in [0.4, 0.5) is 16.3 Å². The highest BCUT2D eigenvalue weighted by atomic mass is 16.6. The number of amides is 2. The number of amidine groups is 1. The first-order chi connectivity index (χ1) is 21.2. The first kappa shape index (κ1) is 31.7. The number of carbonyl (C=O) groups is 3. The average molecular weight is 600 g/mol. The zero-order valence-electron chi connectivity index (χ0n) is 25.1. The molecule has 0 bridgehead atoms. The van der Waals surface area contributed by atoms with Gasteiger partial charge < -0.3 is 25.5 Å². The fourth-order valence-corrected chi connectivity index (χ4v) is 4.59. The van der Waals surface area contributed by atoms with Gasteiger partial charge in [-0.25, -0.2) is 14.8 Å². The standard InChI is InChI=1S/C32H37N7O5/c1-4-5-8-21(2)44-32(43)37-30(33)22-10-13-24(14-11-22)35-20-28-36-25-19-23(12-15-26(25)38(28)3)31(42)39(18-16-29(40)41)27-9-6-7-17-34-27/h6-7,9-15,17,19,21,35H,4-5,8,16,18,20H2,1-3H3,(H,40,41)(H2,33,37,43)/t21-/m0/s1. The molecule has 0 unspecified atom stereocenters. The number of nitrogens with two attached hydrogens (primary N) is 1. The van der Waals surface area contributed by atoms with E-state index in [2.05, 4.69) is 22.2 Å². The number of anilines is 2. The molecule has 4 aromatic rings. The SMILES string of the molecule is CCCC[C@H](C)OC(=O)N=C(N)c1ccc(NCc2nc3cc(C(=O)N(CCC(=O)O)c4ccccn4)ccc3n2C)cc1. The van der Waals surface area contributed by atoms with Crippen molar-refractivity contribution in [3.05, 3.63) is 83.8 Å². The summed E-state index contributed by atoms with van der Waals surface area (Å²) in [7, 11) is 1.89. The summed E-state index contributed by atoms with van der Waals surface area (Å²) >= 11 is 0. The Morgan fingerprint density at radius 2 is 1.86 bits per heavy atom. The fraction of sp³-hybridized carbons (Fsp3) is 0.312. The molecule has 12 nitrogen and oxygen atoms in total. The number of carbonyl (C=O) groups excluding carboxylic acids is 2. The molecule has 2 amide bonds. The van der Waals surface area contributed by atoms with Crippen molar-refractivity contribution in [2.24, 2.45) is 17.8 Å². The van der Waals surface area contributed by atoms with Crippen molar-refractivity contribution >= 4 is 46.3 Å². The van der Waals surface area contributed by atoms with Crippen LogP contribution in [0, 0.1) is 0 Å². The smallest absolute Gasteiger partial charge is 0.435 e. The minimum Gasteiger partial charge on any atom is -0.481 e. The third-order valence-corrected chi connectivity index (χ3v) is 7.05. The van der Waals surface area contributed by atoms with Crippen LogP contribution >= 0.6 is 0 Å². The molecule has 4 rings (SSSR count). The van der Waals surface area contributed by atoms with Crippen LogP contribution < -0.4 is 16.0 Å². The summed E-state index contributed by atoms with van der Waals surface area (Å²) in [6.07, 6.45) is 3.20. The van der Waals surface area contributed by atoms with Gasteiger partial charge in [-0.2, -0.15) is 4.99 Å². The van der Waals surface area contributed by atoms with Gasteiger partial charge in [-0.15, -0.1) is 0 Å². The van der Waals surface area contributed by atoms with Crippen molar-refractivity contribution < 1.29 is 24.2 Å². The molecule has 44 heavy (non-hydrogen) atoms. The highest BCUT2D eigenvalue weighted by Gasteiger charge is 2.21. The molecule has 230 valence electrons. The number of carboxylic acid groups (broad SMARTS) is 1. The van der Waals surface area contributed by atoms with Gasteiger partial charge >= 0.3 is 12.1 Å². The molecule has 0 radical (unpaired) electrons. The average Bonchev–Trinajstić information content (AvgIpc) is 3.33. The minimum absolute atomic E-state index is 0.0146. The molecule has 0 aliphatic carbocycles. The number of aliphatic imine (C=N–C) groups is 1. The fourth-order valence-electron chi connectivity index (χ4n) is 4.59. The van der Waals surface area contributed by atoms with E-state index in [0.717, 1.165) is 36.3 Å². The Kier molecular flexibility index (Phi) is 10.6. The van der Waals surface area contributed by atoms with Crippen LogP contribution in [0.25, 0.3) is 11.0 Å². The minimum atomic E-state index is -1.00. The Balaban J connectivity index is 1.43. The Morgan fingerprint density at radius 1 is 1.11 bits per heavy atom. The molecule has 2 heterocycles. The second kappa shape index (κ2) is 14.8. The number of carboxylic acids is 1. The van der Waals surface area contributed by atoms with E-state index in [-0.39, 0.29) is 30.8 Å². The first-order valence-corrected chi connectivity index (χ1v) is 14.5. The third kappa shape index (κ3) is 8.18. The Bertz CT molecular complexity index is 1630. The van der Waals surface area contributed by atoms with Crippen molar-refractivity contribution in [3.8, 4) is 0 Å². The van der Waals surface area contributed by atoms with Crippen LogP contribution in [-0.4, -0.2) is 56.1 Å². The molecule has 4 N–H and O–H groups in total. The zero-order chi connectivity index (χ0) is 31.6. The molecule has 12 heteroatoms. The van der Waals surface area contributed by atoms with Gasteiger partial charge in [0.25, 0.3) is 5.91 Å². The number of ether oxygens (including phenoxy) is 1. The van der Waals surface area contributed by atoms with Crippen molar-refractivity contribution in [3.63, 3.8) is 0 Å². The number of fused-ring (bicyclic) bond motifs is 1. The van der Waals surface area contributed by atoms with Gasteiger partial charge in [-0.3, -0.25) is 14.5 Å². The molecular formula is C32H37N7O5. The predicted molar refractivity (Wildman–Crippen MR) is 169 cm³/mol. The number of imidazole rings is 1. The lowest BCUT2D eigenvalue weighted by Gasteiger charge is -2.21. The van der Waals surface area contributed by atoms with Crippen molar-refractivity contribution in [1.82, 2.24) is 14.5 Å². The van der Waals surface area contributed by atoms with Crippen molar-refractivity contribution in [2.75, 3.05) is 16.8 Å². The van der Waals surface area contributed by atoms with E-state index in [1.54, 1.807) is 48.7 Å². The van der Waals surface area contributed by atoms with E-state index >= 15 is 0 Å². The van der Waals surface area contributed by atoms with E-state index in [9.17, 15) is 19.5 Å². The number of aliphatic carboxylic acids is 1. The molecule has 2 aromatic carbocycles. The largest absolute Gasteiger partial charge is 0.481 e. The van der Waals surface area contributed by atoms with Crippen molar-refractivity contribution in [1.29, 1.82) is 0 Å². The van der Waals surface area contributed by atoms with Crippen LogP contribution in [0.3, 0.4) is 0 Å². The van der Waals surface area contributed by atoms with E-state index in [0.29, 0.717) is 29.0 Å². The number of benzene rings is 2. The molecule has 0 saturated heterocycles. The summed E-state index contributed by atoms with van der Waals surface area (Å²) in [6.45, 7) is 4.30. The highest BCUT2D eigenvalue weighted by molar-refractivity contribution is 6.07. The third-order valence-electron chi connectivity index (χ3n) is 7.05. The molecular weight excluding hydrogens is 562 g/mol. The number of aryl methyl sites for hydroxylation is 1. The van der Waals surface area contributed by atoms with E-state index in [1.165, 1.54) is 4.90 Å². The number of hydrogen-bond acceptors (Lipinski definition) is 7. The molecule has 2 aromatic heterocycles. The zero-order valence-corrected chi connectivity index (χ0v) is 25.1. The molecule has 0 aliphatic heterocycles. The first-order valence-electron chi connectivity index (χ1n) is 14.5. The Labute approximate surface area is 255 Å². The number of nitrogens with zero attached hydrogens (tertiary/aromatic N) is 5. The van der Waals surface area contributed by atoms with Gasteiger partial charge in [0, 0.05) is 36.6 Å². The number of hydrogen-bond donors (Lipinski definition) is 3. The van der Waals surface area contributed by atoms with Crippen LogP contribution in [0.5, 0.6) is 0 Å². The predicted octanol–water partition coefficient (Wildman–Crippen LogP) is 5.12. The van der Waals surface area contributed by atoms with Gasteiger partial charge in [0.1, 0.15) is 23.6 Å². The topological polar surface area (TPSA) is 165 Å². The maximum atomic E-state index is 13.4. The van der Waals surface area contributed by atoms with E-state index in [4.69, 9.17) is 15.5 Å². The summed E-state index contributed by atoms with van der Waals surface area (Å²) < 4.78 is 7.22. The number of unbranched alkanes of at least 4 members (excludes halogenated alkanes) is 1. The number of pyridine rings is 1.